The summed E-state index contributed by atoms with van der Waals surface area (Å²) in [5.74, 6) is 0.835. The Balaban J connectivity index is 1.43. The van der Waals surface area contributed by atoms with Crippen molar-refractivity contribution in [3.63, 3.8) is 0 Å². The smallest absolute Gasteiger partial charge is 0.259 e. The van der Waals surface area contributed by atoms with Crippen molar-refractivity contribution in [2.24, 2.45) is 7.05 Å². The molecule has 9 heteroatoms. The lowest BCUT2D eigenvalue weighted by Gasteiger charge is -2.09. The van der Waals surface area contributed by atoms with Crippen LogP contribution in [0.2, 0.25) is 5.15 Å². The lowest BCUT2D eigenvalue weighted by atomic mass is 10.2. The van der Waals surface area contributed by atoms with E-state index in [1.165, 1.54) is 13.3 Å². The fourth-order valence-electron chi connectivity index (χ4n) is 3.48. The highest BCUT2D eigenvalue weighted by Gasteiger charge is 2.14. The van der Waals surface area contributed by atoms with Crippen molar-refractivity contribution in [3.05, 3.63) is 82.9 Å². The molecule has 0 fully saturated rings. The predicted octanol–water partition coefficient (Wildman–Crippen LogP) is 3.86. The average molecular weight is 464 g/mol. The molecule has 0 radical (unpaired) electrons. The number of pyridine rings is 1. The zero-order valence-electron chi connectivity index (χ0n) is 18.1. The molecule has 0 aliphatic carbocycles. The van der Waals surface area contributed by atoms with Crippen molar-refractivity contribution < 1.29 is 14.3 Å². The van der Waals surface area contributed by atoms with Crippen LogP contribution < -0.4 is 15.4 Å². The van der Waals surface area contributed by atoms with E-state index in [2.05, 4.69) is 20.6 Å². The monoisotopic (exact) mass is 463 g/mol. The van der Waals surface area contributed by atoms with Gasteiger partial charge in [0.15, 0.2) is 0 Å². The van der Waals surface area contributed by atoms with Gasteiger partial charge in [0.25, 0.3) is 11.8 Å². The Morgan fingerprint density at radius 2 is 1.91 bits per heavy atom. The fourth-order valence-corrected chi connectivity index (χ4v) is 3.59. The quantitative estimate of drug-likeness (QED) is 0.405. The molecule has 0 aliphatic heterocycles. The number of aryl methyl sites for hydroxylation is 1. The van der Waals surface area contributed by atoms with E-state index in [9.17, 15) is 9.59 Å². The highest BCUT2D eigenvalue weighted by atomic mass is 35.5. The topological polar surface area (TPSA) is 98.1 Å². The normalized spacial score (nSPS) is 10.8. The second-order valence-corrected chi connectivity index (χ2v) is 7.71. The van der Waals surface area contributed by atoms with Gasteiger partial charge in [-0.25, -0.2) is 9.97 Å². The van der Waals surface area contributed by atoms with Gasteiger partial charge in [-0.15, -0.1) is 0 Å². The van der Waals surface area contributed by atoms with E-state index < -0.39 is 0 Å². The van der Waals surface area contributed by atoms with Gasteiger partial charge in [-0.2, -0.15) is 0 Å². The maximum Gasteiger partial charge on any atom is 0.259 e. The van der Waals surface area contributed by atoms with Crippen molar-refractivity contribution in [3.8, 4) is 5.75 Å². The Morgan fingerprint density at radius 1 is 1.09 bits per heavy atom. The summed E-state index contributed by atoms with van der Waals surface area (Å²) in [5, 5.41) is 6.09. The van der Waals surface area contributed by atoms with E-state index >= 15 is 0 Å². The van der Waals surface area contributed by atoms with Crippen LogP contribution in [0.3, 0.4) is 0 Å². The van der Waals surface area contributed by atoms with Crippen LogP contribution >= 0.6 is 11.6 Å². The largest absolute Gasteiger partial charge is 0.496 e. The summed E-state index contributed by atoms with van der Waals surface area (Å²) >= 11 is 5.76. The van der Waals surface area contributed by atoms with Crippen molar-refractivity contribution in [1.82, 2.24) is 19.9 Å². The molecule has 0 aliphatic rings. The maximum atomic E-state index is 12.7. The number of halogens is 1. The SMILES string of the molecule is COc1ccccc1C(=O)Nc1ccc2c(c1)nc(CCNC(=O)c1ccc(Cl)nc1)n2C. The molecule has 4 aromatic rings. The Kier molecular flexibility index (Phi) is 6.55. The fraction of sp³-hybridized carbons (Fsp3) is 0.167. The number of amides is 2. The van der Waals surface area contributed by atoms with Crippen LogP contribution in [0.5, 0.6) is 5.75 Å². The third kappa shape index (κ3) is 4.96. The molecule has 0 unspecified atom stereocenters. The molecule has 2 aromatic heterocycles. The molecule has 0 bridgehead atoms. The van der Waals surface area contributed by atoms with Crippen LogP contribution in [0.15, 0.2) is 60.8 Å². The number of imidazole rings is 1. The molecule has 8 nitrogen and oxygen atoms in total. The van der Waals surface area contributed by atoms with Crippen molar-refractivity contribution in [2.45, 2.75) is 6.42 Å². The molecule has 2 N–H and O–H groups in total. The van der Waals surface area contributed by atoms with Crippen LogP contribution in [0.25, 0.3) is 11.0 Å². The van der Waals surface area contributed by atoms with E-state index in [1.807, 2.05) is 35.9 Å². The summed E-state index contributed by atoms with van der Waals surface area (Å²) in [5.41, 5.74) is 3.20. The number of carbonyl (C=O) groups is 2. The zero-order chi connectivity index (χ0) is 23.4. The molecule has 0 saturated heterocycles. The maximum absolute atomic E-state index is 12.7. The van der Waals surface area contributed by atoms with Crippen molar-refractivity contribution in [1.29, 1.82) is 0 Å². The lowest BCUT2D eigenvalue weighted by molar-refractivity contribution is 0.0952. The minimum Gasteiger partial charge on any atom is -0.496 e. The van der Waals surface area contributed by atoms with Crippen LogP contribution in [0.4, 0.5) is 5.69 Å². The first kappa shape index (κ1) is 22.3. The summed E-state index contributed by atoms with van der Waals surface area (Å²) in [6.45, 7) is 0.413. The number of para-hydroxylation sites is 1. The predicted molar refractivity (Wildman–Crippen MR) is 127 cm³/mol. The number of nitrogens with one attached hydrogen (secondary N) is 2. The van der Waals surface area contributed by atoms with Gasteiger partial charge in [-0.05, 0) is 42.5 Å². The number of anilines is 1. The van der Waals surface area contributed by atoms with E-state index in [-0.39, 0.29) is 11.8 Å². The van der Waals surface area contributed by atoms with Gasteiger partial charge in [-0.1, -0.05) is 23.7 Å². The highest BCUT2D eigenvalue weighted by molar-refractivity contribution is 6.29. The van der Waals surface area contributed by atoms with Gasteiger partial charge in [0.05, 0.1) is 29.3 Å². The molecule has 2 aromatic carbocycles. The summed E-state index contributed by atoms with van der Waals surface area (Å²) < 4.78 is 7.23. The summed E-state index contributed by atoms with van der Waals surface area (Å²) in [6, 6.07) is 15.8. The van der Waals surface area contributed by atoms with Gasteiger partial charge in [0, 0.05) is 31.9 Å². The lowest BCUT2D eigenvalue weighted by Crippen LogP contribution is -2.26. The molecule has 33 heavy (non-hydrogen) atoms. The van der Waals surface area contributed by atoms with Crippen molar-refractivity contribution >= 4 is 40.1 Å². The van der Waals surface area contributed by atoms with E-state index in [4.69, 9.17) is 16.3 Å². The van der Waals surface area contributed by atoms with Gasteiger partial charge in [0.2, 0.25) is 0 Å². The van der Waals surface area contributed by atoms with Crippen molar-refractivity contribution in [2.75, 3.05) is 19.0 Å². The van der Waals surface area contributed by atoms with Crippen LogP contribution in [0.1, 0.15) is 26.5 Å². The molecule has 2 heterocycles. The summed E-state index contributed by atoms with van der Waals surface area (Å²) in [6.07, 6.45) is 1.98. The summed E-state index contributed by atoms with van der Waals surface area (Å²) in [4.78, 5) is 33.5. The number of nitrogens with zero attached hydrogens (tertiary/aromatic N) is 3. The molecular formula is C24H22ClN5O3. The number of ether oxygens (including phenoxy) is 1. The van der Waals surface area contributed by atoms with Gasteiger partial charge < -0.3 is 19.9 Å². The number of benzene rings is 2. The molecular weight excluding hydrogens is 442 g/mol. The Hall–Kier alpha value is -3.91. The first-order valence-corrected chi connectivity index (χ1v) is 10.6. The molecule has 4 rings (SSSR count). The van der Waals surface area contributed by atoms with Gasteiger partial charge >= 0.3 is 0 Å². The summed E-state index contributed by atoms with van der Waals surface area (Å²) in [7, 11) is 3.45. The van der Waals surface area contributed by atoms with Crippen LogP contribution in [-0.2, 0) is 13.5 Å². The number of hydrogen-bond acceptors (Lipinski definition) is 5. The first-order valence-electron chi connectivity index (χ1n) is 10.3. The standard InChI is InChI=1S/C24H22ClN5O3/c1-30-19-9-8-16(28-24(32)17-5-3-4-6-20(17)33-2)13-18(19)29-22(30)11-12-26-23(31)15-7-10-21(25)27-14-15/h3-10,13-14H,11-12H2,1-2H3,(H,26,31)(H,28,32). The zero-order valence-corrected chi connectivity index (χ0v) is 18.9. The number of hydrogen-bond donors (Lipinski definition) is 2. The Bertz CT molecular complexity index is 1320. The molecule has 168 valence electrons. The molecule has 0 spiro atoms. The molecule has 0 saturated carbocycles. The number of aromatic nitrogens is 3. The average Bonchev–Trinajstić information content (AvgIpc) is 3.14. The second-order valence-electron chi connectivity index (χ2n) is 7.32. The Labute approximate surface area is 195 Å². The van der Waals surface area contributed by atoms with Crippen LogP contribution in [0, 0.1) is 0 Å². The minimum absolute atomic E-state index is 0.223. The van der Waals surface area contributed by atoms with Crippen LogP contribution in [-0.4, -0.2) is 40.0 Å². The Morgan fingerprint density at radius 3 is 2.67 bits per heavy atom. The highest BCUT2D eigenvalue weighted by Crippen LogP contribution is 2.23. The van der Waals surface area contributed by atoms with Gasteiger partial charge in [0.1, 0.15) is 16.7 Å². The van der Waals surface area contributed by atoms with E-state index in [1.54, 1.807) is 30.3 Å². The second kappa shape index (κ2) is 9.70. The number of fused-ring (bicyclic) bond motifs is 1. The third-order valence-electron chi connectivity index (χ3n) is 5.21. The van der Waals surface area contributed by atoms with Gasteiger partial charge in [-0.3, -0.25) is 9.59 Å². The minimum atomic E-state index is -0.262. The number of rotatable bonds is 7. The first-order chi connectivity index (χ1) is 16.0. The number of carbonyl (C=O) groups excluding carboxylic acids is 2. The molecule has 0 atom stereocenters. The van der Waals surface area contributed by atoms with E-state index in [0.29, 0.717) is 40.7 Å². The third-order valence-corrected chi connectivity index (χ3v) is 5.43. The molecule has 2 amide bonds. The number of methoxy groups -OCH3 is 1. The van der Waals surface area contributed by atoms with E-state index in [0.717, 1.165) is 16.9 Å².